The molecule has 0 saturated carbocycles. The van der Waals surface area contributed by atoms with Crippen LogP contribution in [0, 0.1) is 6.20 Å². The Balaban J connectivity index is 1.95. The third-order valence-corrected chi connectivity index (χ3v) is 2.92. The van der Waals surface area contributed by atoms with Crippen LogP contribution in [-0.2, 0) is 0 Å². The molecule has 0 bridgehead atoms. The zero-order valence-corrected chi connectivity index (χ0v) is 10.5. The molecule has 0 amide bonds. The van der Waals surface area contributed by atoms with Gasteiger partial charge in [0, 0.05) is 17.3 Å². The number of phenols is 2. The van der Waals surface area contributed by atoms with Gasteiger partial charge in [0.05, 0.1) is 0 Å². The number of hydrogen-bond acceptors (Lipinski definition) is 4. The number of nitrogens with zero attached hydrogens (tertiary/aromatic N) is 2. The van der Waals surface area contributed by atoms with Gasteiger partial charge in [0.1, 0.15) is 6.20 Å². The lowest BCUT2D eigenvalue weighted by Gasteiger charge is -2.04. The first-order valence-corrected chi connectivity index (χ1v) is 6.06. The van der Waals surface area contributed by atoms with Gasteiger partial charge in [-0.05, 0) is 17.7 Å². The van der Waals surface area contributed by atoms with Crippen molar-refractivity contribution in [1.29, 1.82) is 0 Å². The van der Waals surface area contributed by atoms with E-state index in [4.69, 9.17) is 0 Å². The molecule has 2 N–H and O–H groups in total. The molecule has 3 aromatic rings. The van der Waals surface area contributed by atoms with E-state index in [0.29, 0.717) is 17.0 Å². The molecular formula is C16H11N2O2. The van der Waals surface area contributed by atoms with Crippen molar-refractivity contribution in [2.75, 3.05) is 0 Å². The molecule has 20 heavy (non-hydrogen) atoms. The number of rotatable bonds is 2. The number of aromatic hydroxyl groups is 2. The lowest BCUT2D eigenvalue weighted by molar-refractivity contribution is 0.404. The molecule has 0 spiro atoms. The van der Waals surface area contributed by atoms with Gasteiger partial charge in [-0.25, -0.2) is 9.97 Å². The van der Waals surface area contributed by atoms with Crippen LogP contribution in [0.2, 0.25) is 0 Å². The summed E-state index contributed by atoms with van der Waals surface area (Å²) >= 11 is 0. The van der Waals surface area contributed by atoms with E-state index in [9.17, 15) is 10.2 Å². The van der Waals surface area contributed by atoms with Crippen molar-refractivity contribution in [3.63, 3.8) is 0 Å². The Morgan fingerprint density at radius 2 is 1.65 bits per heavy atom. The van der Waals surface area contributed by atoms with E-state index in [1.54, 1.807) is 12.3 Å². The molecule has 97 valence electrons. The van der Waals surface area contributed by atoms with E-state index in [-0.39, 0.29) is 11.5 Å². The van der Waals surface area contributed by atoms with Crippen LogP contribution in [-0.4, -0.2) is 20.2 Å². The lowest BCUT2D eigenvalue weighted by atomic mass is 10.1. The highest BCUT2D eigenvalue weighted by molar-refractivity contribution is 5.66. The van der Waals surface area contributed by atoms with Gasteiger partial charge in [-0.2, -0.15) is 0 Å². The summed E-state index contributed by atoms with van der Waals surface area (Å²) in [5.41, 5.74) is 2.27. The Hall–Kier alpha value is -2.88. The highest BCUT2D eigenvalue weighted by Crippen LogP contribution is 2.30. The first-order chi connectivity index (χ1) is 9.74. The van der Waals surface area contributed by atoms with Crippen LogP contribution >= 0.6 is 0 Å². The van der Waals surface area contributed by atoms with Crippen LogP contribution in [0.5, 0.6) is 11.5 Å². The molecule has 3 rings (SSSR count). The van der Waals surface area contributed by atoms with E-state index < -0.39 is 0 Å². The molecule has 0 fully saturated rings. The van der Waals surface area contributed by atoms with Gasteiger partial charge < -0.3 is 10.2 Å². The molecule has 1 heterocycles. The summed E-state index contributed by atoms with van der Waals surface area (Å²) in [6, 6.07) is 14.2. The zero-order valence-electron chi connectivity index (χ0n) is 10.5. The fourth-order valence-electron chi connectivity index (χ4n) is 1.85. The quantitative estimate of drug-likeness (QED) is 0.697. The summed E-state index contributed by atoms with van der Waals surface area (Å²) in [5, 5.41) is 18.8. The Bertz CT molecular complexity index is 725. The standard InChI is InChI=1S/C16H11N2O2/c19-14-7-6-12(8-15(14)20)13-9-17-16(18-10-13)11-4-2-1-3-5-11/h1-9,19-20H. The largest absolute Gasteiger partial charge is 0.504 e. The molecule has 1 aromatic heterocycles. The summed E-state index contributed by atoms with van der Waals surface area (Å²) in [7, 11) is 0. The van der Waals surface area contributed by atoms with Crippen LogP contribution in [0.15, 0.2) is 54.7 Å². The predicted molar refractivity (Wildman–Crippen MR) is 75.1 cm³/mol. The van der Waals surface area contributed by atoms with Crippen LogP contribution in [0.3, 0.4) is 0 Å². The number of benzene rings is 2. The second kappa shape index (κ2) is 5.01. The normalized spacial score (nSPS) is 10.4. The summed E-state index contributed by atoms with van der Waals surface area (Å²) in [6.45, 7) is 0. The maximum Gasteiger partial charge on any atom is 0.159 e. The highest BCUT2D eigenvalue weighted by atomic mass is 16.3. The van der Waals surface area contributed by atoms with Crippen LogP contribution in [0.25, 0.3) is 22.5 Å². The minimum Gasteiger partial charge on any atom is -0.504 e. The summed E-state index contributed by atoms with van der Waals surface area (Å²) in [6.07, 6.45) is 4.53. The molecule has 0 aliphatic rings. The van der Waals surface area contributed by atoms with Crippen molar-refractivity contribution in [2.45, 2.75) is 0 Å². The summed E-state index contributed by atoms with van der Waals surface area (Å²) < 4.78 is 0. The van der Waals surface area contributed by atoms with Crippen molar-refractivity contribution in [3.8, 4) is 34.0 Å². The maximum absolute atomic E-state index is 9.49. The molecule has 4 nitrogen and oxygen atoms in total. The fourth-order valence-corrected chi connectivity index (χ4v) is 1.85. The number of hydrogen-bond donors (Lipinski definition) is 2. The molecule has 2 aromatic carbocycles. The molecule has 0 aliphatic heterocycles. The molecule has 0 aliphatic carbocycles. The van der Waals surface area contributed by atoms with Gasteiger partial charge in [-0.1, -0.05) is 36.4 Å². The fraction of sp³-hybridized carbons (Fsp3) is 0. The summed E-state index contributed by atoms with van der Waals surface area (Å²) in [4.78, 5) is 8.49. The summed E-state index contributed by atoms with van der Waals surface area (Å²) in [5.74, 6) is 0.260. The van der Waals surface area contributed by atoms with Gasteiger partial charge in [0.2, 0.25) is 0 Å². The van der Waals surface area contributed by atoms with Crippen molar-refractivity contribution >= 4 is 0 Å². The molecule has 0 saturated heterocycles. The van der Waals surface area contributed by atoms with E-state index in [1.807, 2.05) is 30.3 Å². The Morgan fingerprint density at radius 1 is 0.850 bits per heavy atom. The molecular weight excluding hydrogens is 252 g/mol. The van der Waals surface area contributed by atoms with Crippen molar-refractivity contribution in [3.05, 3.63) is 60.9 Å². The SMILES string of the molecule is Oc1ccc(-c2[c]nc(-c3ccccc3)nc2)cc1O. The van der Waals surface area contributed by atoms with Gasteiger partial charge in [0.15, 0.2) is 17.3 Å². The third-order valence-electron chi connectivity index (χ3n) is 2.92. The van der Waals surface area contributed by atoms with E-state index in [1.165, 1.54) is 12.1 Å². The van der Waals surface area contributed by atoms with Crippen molar-refractivity contribution in [2.24, 2.45) is 0 Å². The molecule has 1 radical (unpaired) electrons. The van der Waals surface area contributed by atoms with Crippen molar-refractivity contribution in [1.82, 2.24) is 9.97 Å². The Morgan fingerprint density at radius 3 is 2.30 bits per heavy atom. The lowest BCUT2D eigenvalue weighted by Crippen LogP contribution is -1.90. The van der Waals surface area contributed by atoms with Gasteiger partial charge in [0.25, 0.3) is 0 Å². The van der Waals surface area contributed by atoms with Gasteiger partial charge in [-0.3, -0.25) is 0 Å². The maximum atomic E-state index is 9.49. The molecule has 0 atom stereocenters. The minimum absolute atomic E-state index is 0.157. The number of aromatic nitrogens is 2. The Labute approximate surface area is 116 Å². The highest BCUT2D eigenvalue weighted by Gasteiger charge is 2.06. The van der Waals surface area contributed by atoms with Crippen LogP contribution in [0.1, 0.15) is 0 Å². The Kier molecular flexibility index (Phi) is 3.05. The van der Waals surface area contributed by atoms with E-state index in [2.05, 4.69) is 16.2 Å². The first-order valence-electron chi connectivity index (χ1n) is 6.06. The number of phenolic OH excluding ortho intramolecular Hbond substituents is 2. The average Bonchev–Trinajstić information content (AvgIpc) is 2.51. The smallest absolute Gasteiger partial charge is 0.159 e. The average molecular weight is 263 g/mol. The third kappa shape index (κ3) is 2.31. The molecule has 4 heteroatoms. The first kappa shape index (κ1) is 12.2. The van der Waals surface area contributed by atoms with Crippen molar-refractivity contribution < 1.29 is 10.2 Å². The topological polar surface area (TPSA) is 66.2 Å². The minimum atomic E-state index is -0.178. The molecule has 0 unspecified atom stereocenters. The second-order valence-electron chi connectivity index (χ2n) is 4.29. The second-order valence-corrected chi connectivity index (χ2v) is 4.29. The van der Waals surface area contributed by atoms with E-state index >= 15 is 0 Å². The predicted octanol–water partition coefficient (Wildman–Crippen LogP) is 3.02. The monoisotopic (exact) mass is 263 g/mol. The van der Waals surface area contributed by atoms with Crippen LogP contribution in [0.4, 0.5) is 0 Å². The zero-order chi connectivity index (χ0) is 13.9. The van der Waals surface area contributed by atoms with Crippen LogP contribution < -0.4 is 0 Å². The van der Waals surface area contributed by atoms with Gasteiger partial charge in [-0.15, -0.1) is 0 Å². The van der Waals surface area contributed by atoms with Gasteiger partial charge >= 0.3 is 0 Å². The van der Waals surface area contributed by atoms with E-state index in [0.717, 1.165) is 5.56 Å².